The second-order valence-corrected chi connectivity index (χ2v) is 10.9. The molecule has 188 valence electrons. The molecule has 5 rings (SSSR count). The van der Waals surface area contributed by atoms with Crippen molar-refractivity contribution in [3.05, 3.63) is 84.7 Å². The van der Waals surface area contributed by atoms with Gasteiger partial charge in [0.15, 0.2) is 0 Å². The van der Waals surface area contributed by atoms with Gasteiger partial charge in [0.05, 0.1) is 22.5 Å². The summed E-state index contributed by atoms with van der Waals surface area (Å²) in [6, 6.07) is 24.5. The van der Waals surface area contributed by atoms with E-state index in [1.165, 1.54) is 0 Å². The van der Waals surface area contributed by atoms with Crippen molar-refractivity contribution in [1.82, 2.24) is 13.9 Å². The van der Waals surface area contributed by atoms with Gasteiger partial charge in [-0.3, -0.25) is 0 Å². The lowest BCUT2D eigenvalue weighted by Gasteiger charge is -2.31. The number of fused-ring (bicyclic) bond motifs is 1. The first kappa shape index (κ1) is 24.3. The quantitative estimate of drug-likeness (QED) is 0.316. The smallest absolute Gasteiger partial charge is 0.243 e. The number of hydrogen-bond donors (Lipinski definition) is 0. The lowest BCUT2D eigenvalue weighted by atomic mass is 9.98. The summed E-state index contributed by atoms with van der Waals surface area (Å²) in [6.45, 7) is 4.62. The van der Waals surface area contributed by atoms with E-state index in [1.807, 2.05) is 55.5 Å². The molecule has 0 N–H and O–H groups in total. The molecule has 1 fully saturated rings. The molecule has 0 amide bonds. The molecule has 0 saturated carbocycles. The van der Waals surface area contributed by atoms with Gasteiger partial charge in [-0.25, -0.2) is 13.4 Å². The molecular weight excluding hydrogens is 474 g/mol. The molecule has 0 unspecified atom stereocenters. The van der Waals surface area contributed by atoms with Crippen molar-refractivity contribution in [2.75, 3.05) is 19.7 Å². The third-order valence-electron chi connectivity index (χ3n) is 6.63. The Kier molecular flexibility index (Phi) is 7.25. The van der Waals surface area contributed by atoms with Crippen LogP contribution in [-0.4, -0.2) is 42.0 Å². The number of para-hydroxylation sites is 3. The van der Waals surface area contributed by atoms with Gasteiger partial charge in [-0.15, -0.1) is 0 Å². The van der Waals surface area contributed by atoms with E-state index in [-0.39, 0.29) is 0 Å². The van der Waals surface area contributed by atoms with Gasteiger partial charge in [0.25, 0.3) is 0 Å². The average Bonchev–Trinajstić information content (AvgIpc) is 3.26. The lowest BCUT2D eigenvalue weighted by molar-refractivity contribution is 0.244. The molecule has 1 aliphatic heterocycles. The minimum absolute atomic E-state index is 0.311. The Bertz CT molecular complexity index is 1390. The Morgan fingerprint density at radius 3 is 2.25 bits per heavy atom. The van der Waals surface area contributed by atoms with Gasteiger partial charge < -0.3 is 14.0 Å². The number of rotatable bonds is 9. The monoisotopic (exact) mass is 505 g/mol. The fraction of sp³-hybridized carbons (Fsp3) is 0.321. The minimum Gasteiger partial charge on any atom is -0.494 e. The average molecular weight is 506 g/mol. The molecule has 3 aromatic carbocycles. The topological polar surface area (TPSA) is 73.7 Å². The summed E-state index contributed by atoms with van der Waals surface area (Å²) in [7, 11) is -3.52. The van der Waals surface area contributed by atoms with Gasteiger partial charge in [-0.2, -0.15) is 4.31 Å². The predicted octanol–water partition coefficient (Wildman–Crippen LogP) is 5.11. The third-order valence-corrected chi connectivity index (χ3v) is 8.54. The lowest BCUT2D eigenvalue weighted by Crippen LogP contribution is -2.39. The molecule has 0 radical (unpaired) electrons. The molecule has 2 heterocycles. The summed E-state index contributed by atoms with van der Waals surface area (Å²) in [6.07, 6.45) is 1.59. The molecule has 7 nitrogen and oxygen atoms in total. The molecule has 0 atom stereocenters. The number of imidazole rings is 1. The van der Waals surface area contributed by atoms with Crippen LogP contribution in [0.25, 0.3) is 11.0 Å². The molecular formula is C28H31N3O4S. The van der Waals surface area contributed by atoms with Gasteiger partial charge >= 0.3 is 0 Å². The summed E-state index contributed by atoms with van der Waals surface area (Å²) >= 11 is 0. The van der Waals surface area contributed by atoms with Crippen LogP contribution in [0.3, 0.4) is 0 Å². The number of aromatic nitrogens is 2. The normalized spacial score (nSPS) is 15.2. The second kappa shape index (κ2) is 10.7. The number of sulfonamides is 1. The summed E-state index contributed by atoms with van der Waals surface area (Å²) in [4.78, 5) is 5.14. The van der Waals surface area contributed by atoms with Crippen molar-refractivity contribution in [2.45, 2.75) is 37.8 Å². The highest BCUT2D eigenvalue weighted by Gasteiger charge is 2.30. The highest BCUT2D eigenvalue weighted by molar-refractivity contribution is 7.89. The van der Waals surface area contributed by atoms with Crippen molar-refractivity contribution in [3.63, 3.8) is 0 Å². The van der Waals surface area contributed by atoms with Crippen LogP contribution in [0, 0.1) is 5.92 Å². The first-order valence-corrected chi connectivity index (χ1v) is 13.8. The van der Waals surface area contributed by atoms with Crippen molar-refractivity contribution < 1.29 is 17.9 Å². The van der Waals surface area contributed by atoms with E-state index in [9.17, 15) is 8.42 Å². The van der Waals surface area contributed by atoms with E-state index in [4.69, 9.17) is 14.5 Å². The maximum atomic E-state index is 13.2. The SMILES string of the molecule is CCOc1ccc(S(=O)(=O)N2CCC(Cn3c(COc4ccccc4)nc4ccccc43)CC2)cc1. The van der Waals surface area contributed by atoms with E-state index < -0.39 is 10.0 Å². The van der Waals surface area contributed by atoms with Gasteiger partial charge in [-0.05, 0) is 74.2 Å². The summed E-state index contributed by atoms with van der Waals surface area (Å²) in [5, 5.41) is 0. The van der Waals surface area contributed by atoms with Crippen molar-refractivity contribution in [2.24, 2.45) is 5.92 Å². The van der Waals surface area contributed by atoms with Crippen LogP contribution in [0.2, 0.25) is 0 Å². The predicted molar refractivity (Wildman–Crippen MR) is 140 cm³/mol. The third kappa shape index (κ3) is 5.24. The van der Waals surface area contributed by atoms with E-state index >= 15 is 0 Å². The van der Waals surface area contributed by atoms with Crippen LogP contribution in [0.15, 0.2) is 83.8 Å². The van der Waals surface area contributed by atoms with Crippen molar-refractivity contribution >= 4 is 21.1 Å². The largest absolute Gasteiger partial charge is 0.494 e. The van der Waals surface area contributed by atoms with E-state index in [0.717, 1.165) is 42.0 Å². The standard InChI is InChI=1S/C28H31N3O4S/c1-2-34-24-12-14-25(15-13-24)36(32,33)30-18-16-22(17-19-30)20-31-27-11-7-6-10-26(27)29-28(31)21-35-23-8-4-3-5-9-23/h3-15,22H,2,16-21H2,1H3. The zero-order valence-corrected chi connectivity index (χ0v) is 21.2. The highest BCUT2D eigenvalue weighted by atomic mass is 32.2. The Morgan fingerprint density at radius 2 is 1.53 bits per heavy atom. The van der Waals surface area contributed by atoms with Crippen molar-refractivity contribution in [1.29, 1.82) is 0 Å². The molecule has 8 heteroatoms. The first-order valence-electron chi connectivity index (χ1n) is 12.4. The van der Waals surface area contributed by atoms with E-state index in [1.54, 1.807) is 28.6 Å². The highest BCUT2D eigenvalue weighted by Crippen LogP contribution is 2.28. The van der Waals surface area contributed by atoms with Crippen LogP contribution in [0.1, 0.15) is 25.6 Å². The molecule has 4 aromatic rings. The molecule has 1 aliphatic rings. The fourth-order valence-corrected chi connectivity index (χ4v) is 6.19. The van der Waals surface area contributed by atoms with E-state index in [2.05, 4.69) is 10.6 Å². The number of piperidine rings is 1. The first-order chi connectivity index (χ1) is 17.5. The molecule has 1 aromatic heterocycles. The number of benzene rings is 3. The minimum atomic E-state index is -3.52. The van der Waals surface area contributed by atoms with Crippen LogP contribution in [0.4, 0.5) is 0 Å². The molecule has 0 aliphatic carbocycles. The van der Waals surface area contributed by atoms with Gasteiger partial charge in [0, 0.05) is 19.6 Å². The molecule has 0 spiro atoms. The summed E-state index contributed by atoms with van der Waals surface area (Å²) in [5.74, 6) is 2.72. The molecule has 36 heavy (non-hydrogen) atoms. The Balaban J connectivity index is 1.27. The Hall–Kier alpha value is -3.36. The summed E-state index contributed by atoms with van der Waals surface area (Å²) in [5.41, 5.74) is 2.02. The number of nitrogens with zero attached hydrogens (tertiary/aromatic N) is 3. The van der Waals surface area contributed by atoms with Gasteiger partial charge in [0.1, 0.15) is 23.9 Å². The van der Waals surface area contributed by atoms with E-state index in [0.29, 0.717) is 42.9 Å². The zero-order chi connectivity index (χ0) is 25.0. The molecule has 0 bridgehead atoms. The maximum absolute atomic E-state index is 13.2. The van der Waals surface area contributed by atoms with Crippen LogP contribution in [0.5, 0.6) is 11.5 Å². The fourth-order valence-electron chi connectivity index (χ4n) is 4.72. The van der Waals surface area contributed by atoms with Crippen molar-refractivity contribution in [3.8, 4) is 11.5 Å². The van der Waals surface area contributed by atoms with Crippen LogP contribution in [-0.2, 0) is 23.2 Å². The second-order valence-electron chi connectivity index (χ2n) is 8.98. The zero-order valence-electron chi connectivity index (χ0n) is 20.4. The Morgan fingerprint density at radius 1 is 0.861 bits per heavy atom. The van der Waals surface area contributed by atoms with Gasteiger partial charge in [0.2, 0.25) is 10.0 Å². The van der Waals surface area contributed by atoms with Crippen LogP contribution < -0.4 is 9.47 Å². The number of hydrogen-bond acceptors (Lipinski definition) is 5. The molecule has 1 saturated heterocycles. The maximum Gasteiger partial charge on any atom is 0.243 e. The van der Waals surface area contributed by atoms with Gasteiger partial charge in [-0.1, -0.05) is 30.3 Å². The summed E-state index contributed by atoms with van der Waals surface area (Å²) < 4.78 is 41.6. The number of ether oxygens (including phenoxy) is 2. The van der Waals surface area contributed by atoms with Crippen LogP contribution >= 0.6 is 0 Å². The Labute approximate surface area is 212 Å².